The predicted molar refractivity (Wildman–Crippen MR) is 82.5 cm³/mol. The second-order valence-corrected chi connectivity index (χ2v) is 4.90. The van der Waals surface area contributed by atoms with Gasteiger partial charge in [0, 0.05) is 24.8 Å². The van der Waals surface area contributed by atoms with Gasteiger partial charge in [0.25, 0.3) is 5.69 Å². The fourth-order valence-corrected chi connectivity index (χ4v) is 2.00. The summed E-state index contributed by atoms with van der Waals surface area (Å²) in [6.07, 6.45) is 0.517. The smallest absolute Gasteiger partial charge is 0.269 e. The van der Waals surface area contributed by atoms with Crippen molar-refractivity contribution in [3.05, 3.63) is 69.8 Å². The Morgan fingerprint density at radius 1 is 1.14 bits per heavy atom. The summed E-state index contributed by atoms with van der Waals surface area (Å²) in [6, 6.07) is 13.4. The molecule has 1 atom stereocenters. The fraction of sp³-hybridized carbons (Fsp3) is 0.250. The third-order valence-corrected chi connectivity index (χ3v) is 3.30. The fourth-order valence-electron chi connectivity index (χ4n) is 2.00. The van der Waals surface area contributed by atoms with Crippen molar-refractivity contribution in [2.75, 3.05) is 6.61 Å². The molecule has 2 aromatic carbocycles. The number of nitrogens with zero attached hydrogens (tertiary/aromatic N) is 1. The van der Waals surface area contributed by atoms with Gasteiger partial charge in [0.2, 0.25) is 0 Å². The summed E-state index contributed by atoms with van der Waals surface area (Å²) in [5.74, 6) is 0.693. The molecule has 3 N–H and O–H groups in total. The Morgan fingerprint density at radius 3 is 2.32 bits per heavy atom. The van der Waals surface area contributed by atoms with Crippen LogP contribution in [0.5, 0.6) is 5.75 Å². The van der Waals surface area contributed by atoms with Crippen LogP contribution in [0.3, 0.4) is 0 Å². The minimum absolute atomic E-state index is 0.0551. The van der Waals surface area contributed by atoms with Crippen LogP contribution >= 0.6 is 0 Å². The number of ether oxygens (including phenoxy) is 1. The lowest BCUT2D eigenvalue weighted by atomic mass is 10.1. The number of nitro groups is 1. The second kappa shape index (κ2) is 7.53. The van der Waals surface area contributed by atoms with Gasteiger partial charge in [-0.3, -0.25) is 10.1 Å². The summed E-state index contributed by atoms with van der Waals surface area (Å²) < 4.78 is 5.63. The molecule has 0 saturated carbocycles. The van der Waals surface area contributed by atoms with E-state index < -0.39 is 4.92 Å². The third kappa shape index (κ3) is 4.28. The normalized spacial score (nSPS) is 11.9. The topological polar surface area (TPSA) is 98.6 Å². The maximum Gasteiger partial charge on any atom is 0.269 e. The largest absolute Gasteiger partial charge is 0.489 e. The van der Waals surface area contributed by atoms with Crippen molar-refractivity contribution < 1.29 is 14.8 Å². The zero-order chi connectivity index (χ0) is 15.9. The van der Waals surface area contributed by atoms with Crippen LogP contribution in [0, 0.1) is 10.1 Å². The van der Waals surface area contributed by atoms with Gasteiger partial charge >= 0.3 is 0 Å². The Morgan fingerprint density at radius 2 is 1.77 bits per heavy atom. The van der Waals surface area contributed by atoms with E-state index in [0.29, 0.717) is 18.8 Å². The van der Waals surface area contributed by atoms with E-state index in [1.807, 2.05) is 24.3 Å². The van der Waals surface area contributed by atoms with Crippen LogP contribution in [0.25, 0.3) is 0 Å². The lowest BCUT2D eigenvalue weighted by Crippen LogP contribution is -2.11. The molecule has 6 nitrogen and oxygen atoms in total. The lowest BCUT2D eigenvalue weighted by Gasteiger charge is -2.11. The maximum atomic E-state index is 10.6. The average Bonchev–Trinajstić information content (AvgIpc) is 2.54. The lowest BCUT2D eigenvalue weighted by molar-refractivity contribution is -0.384. The molecule has 0 aromatic heterocycles. The molecule has 22 heavy (non-hydrogen) atoms. The molecular formula is C16H18N2O4. The highest BCUT2D eigenvalue weighted by Crippen LogP contribution is 2.20. The number of hydrogen-bond donors (Lipinski definition) is 2. The van der Waals surface area contributed by atoms with Gasteiger partial charge in [-0.05, 0) is 41.8 Å². The van der Waals surface area contributed by atoms with Gasteiger partial charge in [-0.1, -0.05) is 12.1 Å². The average molecular weight is 302 g/mol. The molecule has 0 heterocycles. The van der Waals surface area contributed by atoms with Crippen LogP contribution in [-0.2, 0) is 6.61 Å². The Bertz CT molecular complexity index is 611. The Kier molecular flexibility index (Phi) is 5.46. The SMILES string of the molecule is NC(CCO)c1ccc(OCc2ccc([N+](=O)[O-])cc2)cc1. The zero-order valence-corrected chi connectivity index (χ0v) is 12.0. The van der Waals surface area contributed by atoms with E-state index in [4.69, 9.17) is 15.6 Å². The van der Waals surface area contributed by atoms with Crippen molar-refractivity contribution in [2.24, 2.45) is 5.73 Å². The number of benzene rings is 2. The standard InChI is InChI=1S/C16H18N2O4/c17-16(9-10-19)13-3-7-15(8-4-13)22-11-12-1-5-14(6-2-12)18(20)21/h1-8,16,19H,9-11,17H2. The number of hydrogen-bond acceptors (Lipinski definition) is 5. The highest BCUT2D eigenvalue weighted by atomic mass is 16.6. The molecule has 0 amide bonds. The number of aliphatic hydroxyl groups excluding tert-OH is 1. The Labute approximate surface area is 128 Å². The van der Waals surface area contributed by atoms with E-state index in [1.54, 1.807) is 12.1 Å². The summed E-state index contributed by atoms with van der Waals surface area (Å²) in [4.78, 5) is 10.1. The first-order chi connectivity index (χ1) is 10.6. The van der Waals surface area contributed by atoms with Gasteiger partial charge in [0.1, 0.15) is 12.4 Å². The number of nitrogens with two attached hydrogens (primary N) is 1. The van der Waals surface area contributed by atoms with Crippen LogP contribution in [0.2, 0.25) is 0 Å². The van der Waals surface area contributed by atoms with E-state index in [-0.39, 0.29) is 18.3 Å². The van der Waals surface area contributed by atoms with E-state index in [1.165, 1.54) is 12.1 Å². The van der Waals surface area contributed by atoms with Crippen molar-refractivity contribution in [1.82, 2.24) is 0 Å². The molecule has 1 unspecified atom stereocenters. The number of aliphatic hydroxyl groups is 1. The predicted octanol–water partition coefficient (Wildman–Crippen LogP) is 2.56. The van der Waals surface area contributed by atoms with Gasteiger partial charge in [-0.15, -0.1) is 0 Å². The second-order valence-electron chi connectivity index (χ2n) is 4.90. The van der Waals surface area contributed by atoms with Gasteiger partial charge < -0.3 is 15.6 Å². The third-order valence-electron chi connectivity index (χ3n) is 3.30. The molecule has 2 rings (SSSR count). The van der Waals surface area contributed by atoms with E-state index in [9.17, 15) is 10.1 Å². The van der Waals surface area contributed by atoms with Crippen LogP contribution < -0.4 is 10.5 Å². The highest BCUT2D eigenvalue weighted by molar-refractivity contribution is 5.33. The molecule has 0 aliphatic carbocycles. The van der Waals surface area contributed by atoms with Gasteiger partial charge in [0.05, 0.1) is 4.92 Å². The van der Waals surface area contributed by atoms with Crippen LogP contribution in [0.1, 0.15) is 23.6 Å². The Balaban J connectivity index is 1.92. The molecule has 0 radical (unpaired) electrons. The number of nitro benzene ring substituents is 1. The number of non-ortho nitro benzene ring substituents is 1. The molecular weight excluding hydrogens is 284 g/mol. The van der Waals surface area contributed by atoms with Crippen LogP contribution in [-0.4, -0.2) is 16.6 Å². The van der Waals surface area contributed by atoms with Crippen molar-refractivity contribution >= 4 is 5.69 Å². The summed E-state index contributed by atoms with van der Waals surface area (Å²) in [5, 5.41) is 19.4. The molecule has 0 aliphatic rings. The summed E-state index contributed by atoms with van der Waals surface area (Å²) in [5.41, 5.74) is 7.76. The van der Waals surface area contributed by atoms with Gasteiger partial charge in [-0.25, -0.2) is 0 Å². The molecule has 2 aromatic rings. The quantitative estimate of drug-likeness (QED) is 0.605. The van der Waals surface area contributed by atoms with Crippen molar-refractivity contribution in [2.45, 2.75) is 19.1 Å². The zero-order valence-electron chi connectivity index (χ0n) is 12.0. The van der Waals surface area contributed by atoms with Crippen LogP contribution in [0.4, 0.5) is 5.69 Å². The van der Waals surface area contributed by atoms with Gasteiger partial charge in [0.15, 0.2) is 0 Å². The van der Waals surface area contributed by atoms with Crippen molar-refractivity contribution in [3.63, 3.8) is 0 Å². The summed E-state index contributed by atoms with van der Waals surface area (Å²) >= 11 is 0. The molecule has 0 aliphatic heterocycles. The van der Waals surface area contributed by atoms with E-state index >= 15 is 0 Å². The van der Waals surface area contributed by atoms with Crippen LogP contribution in [0.15, 0.2) is 48.5 Å². The van der Waals surface area contributed by atoms with E-state index in [2.05, 4.69) is 0 Å². The van der Waals surface area contributed by atoms with Crippen molar-refractivity contribution in [1.29, 1.82) is 0 Å². The molecule has 0 fully saturated rings. The maximum absolute atomic E-state index is 10.6. The van der Waals surface area contributed by atoms with Crippen molar-refractivity contribution in [3.8, 4) is 5.75 Å². The first-order valence-electron chi connectivity index (χ1n) is 6.92. The molecule has 6 heteroatoms. The number of rotatable bonds is 7. The Hall–Kier alpha value is -2.44. The van der Waals surface area contributed by atoms with Gasteiger partial charge in [-0.2, -0.15) is 0 Å². The van der Waals surface area contributed by atoms with E-state index in [0.717, 1.165) is 11.1 Å². The molecule has 0 bridgehead atoms. The summed E-state index contributed by atoms with van der Waals surface area (Å²) in [6.45, 7) is 0.388. The molecule has 0 saturated heterocycles. The molecule has 116 valence electrons. The first kappa shape index (κ1) is 15.9. The molecule has 0 spiro atoms. The summed E-state index contributed by atoms with van der Waals surface area (Å²) in [7, 11) is 0. The minimum atomic E-state index is -0.432. The monoisotopic (exact) mass is 302 g/mol. The highest BCUT2D eigenvalue weighted by Gasteiger charge is 2.06. The first-order valence-corrected chi connectivity index (χ1v) is 6.92. The minimum Gasteiger partial charge on any atom is -0.489 e.